The molecule has 0 aromatic heterocycles. The van der Waals surface area contributed by atoms with E-state index < -0.39 is 0 Å². The minimum Gasteiger partial charge on any atom is -0.396 e. The molecule has 0 saturated carbocycles. The molecule has 1 saturated heterocycles. The van der Waals surface area contributed by atoms with E-state index in [1.54, 1.807) is 0 Å². The minimum atomic E-state index is 0.0254. The van der Waals surface area contributed by atoms with Gasteiger partial charge in [0.1, 0.15) is 0 Å². The average Bonchev–Trinajstić information content (AvgIpc) is 2.14. The lowest BCUT2D eigenvalue weighted by Crippen LogP contribution is -2.22. The minimum absolute atomic E-state index is 0.0254. The predicted molar refractivity (Wildman–Crippen MR) is 45.9 cm³/mol. The second-order valence-electron chi connectivity index (χ2n) is 3.10. The normalized spacial score (nSPS) is 24.2. The molecule has 1 fully saturated rings. The van der Waals surface area contributed by atoms with Crippen LogP contribution in [0.25, 0.3) is 0 Å². The molecule has 0 amide bonds. The molecule has 0 radical (unpaired) electrons. The van der Waals surface area contributed by atoms with Crippen LogP contribution in [0.15, 0.2) is 0 Å². The van der Waals surface area contributed by atoms with Crippen LogP contribution in [-0.2, 0) is 9.47 Å². The van der Waals surface area contributed by atoms with Gasteiger partial charge in [0.05, 0.1) is 0 Å². The molecule has 0 aromatic carbocycles. The van der Waals surface area contributed by atoms with Crippen molar-refractivity contribution < 1.29 is 14.6 Å². The summed E-state index contributed by atoms with van der Waals surface area (Å²) in [6, 6.07) is 0. The molecule has 1 heterocycles. The molecule has 1 N–H and O–H groups in total. The Morgan fingerprint density at radius 1 is 1.33 bits per heavy atom. The third kappa shape index (κ3) is 4.04. The van der Waals surface area contributed by atoms with E-state index in [4.69, 9.17) is 14.6 Å². The molecule has 3 heteroatoms. The Hall–Kier alpha value is -0.120. The molecule has 3 nitrogen and oxygen atoms in total. The zero-order valence-corrected chi connectivity index (χ0v) is 7.50. The molecule has 0 aromatic rings. The molecule has 0 aliphatic carbocycles. The van der Waals surface area contributed by atoms with Gasteiger partial charge < -0.3 is 14.6 Å². The lowest BCUT2D eigenvalue weighted by molar-refractivity contribution is -0.163. The standard InChI is InChI=1S/C9H18O3/c10-6-2-4-8-12-9-5-1-3-7-11-9/h9-10H,1-8H2/t9-/m0/s1. The lowest BCUT2D eigenvalue weighted by Gasteiger charge is -2.22. The van der Waals surface area contributed by atoms with Gasteiger partial charge in [0.25, 0.3) is 0 Å². The summed E-state index contributed by atoms with van der Waals surface area (Å²) in [7, 11) is 0. The number of ether oxygens (including phenoxy) is 2. The number of aliphatic hydroxyl groups is 1. The average molecular weight is 174 g/mol. The molecule has 12 heavy (non-hydrogen) atoms. The van der Waals surface area contributed by atoms with Crippen LogP contribution in [0, 0.1) is 0 Å². The van der Waals surface area contributed by atoms with Gasteiger partial charge in [0.2, 0.25) is 0 Å². The predicted octanol–water partition coefficient (Wildman–Crippen LogP) is 1.30. The number of aliphatic hydroxyl groups excluding tert-OH is 1. The Bertz CT molecular complexity index is 99.9. The summed E-state index contributed by atoms with van der Waals surface area (Å²) in [6.45, 7) is 1.81. The fourth-order valence-corrected chi connectivity index (χ4v) is 1.27. The zero-order valence-electron chi connectivity index (χ0n) is 7.50. The first-order chi connectivity index (χ1) is 5.93. The maximum Gasteiger partial charge on any atom is 0.157 e. The summed E-state index contributed by atoms with van der Waals surface area (Å²) in [5.74, 6) is 0. The van der Waals surface area contributed by atoms with Crippen molar-refractivity contribution in [2.45, 2.75) is 38.4 Å². The Morgan fingerprint density at radius 3 is 2.92 bits per heavy atom. The topological polar surface area (TPSA) is 38.7 Å². The van der Waals surface area contributed by atoms with Crippen molar-refractivity contribution in [3.8, 4) is 0 Å². The fraction of sp³-hybridized carbons (Fsp3) is 1.00. The molecular formula is C9H18O3. The first kappa shape index (κ1) is 9.96. The van der Waals surface area contributed by atoms with Gasteiger partial charge in [-0.2, -0.15) is 0 Å². The molecule has 1 aliphatic rings. The zero-order chi connectivity index (χ0) is 8.65. The van der Waals surface area contributed by atoms with Crippen LogP contribution in [0.5, 0.6) is 0 Å². The molecule has 1 rings (SSSR count). The fourth-order valence-electron chi connectivity index (χ4n) is 1.27. The van der Waals surface area contributed by atoms with Crippen molar-refractivity contribution >= 4 is 0 Å². The van der Waals surface area contributed by atoms with Crippen molar-refractivity contribution in [1.29, 1.82) is 0 Å². The second-order valence-corrected chi connectivity index (χ2v) is 3.10. The van der Waals surface area contributed by atoms with Gasteiger partial charge in [0, 0.05) is 19.8 Å². The van der Waals surface area contributed by atoms with Gasteiger partial charge >= 0.3 is 0 Å². The number of rotatable bonds is 5. The highest BCUT2D eigenvalue weighted by Gasteiger charge is 2.12. The summed E-state index contributed by atoms with van der Waals surface area (Å²) >= 11 is 0. The molecule has 0 spiro atoms. The van der Waals surface area contributed by atoms with Gasteiger partial charge in [-0.05, 0) is 32.1 Å². The van der Waals surface area contributed by atoms with E-state index in [1.807, 2.05) is 0 Å². The molecule has 0 bridgehead atoms. The van der Waals surface area contributed by atoms with Crippen LogP contribution in [0.4, 0.5) is 0 Å². The van der Waals surface area contributed by atoms with Crippen molar-refractivity contribution in [2.24, 2.45) is 0 Å². The first-order valence-corrected chi connectivity index (χ1v) is 4.77. The van der Waals surface area contributed by atoms with Gasteiger partial charge in [-0.1, -0.05) is 0 Å². The summed E-state index contributed by atoms with van der Waals surface area (Å²) < 4.78 is 10.8. The summed E-state index contributed by atoms with van der Waals surface area (Å²) in [5.41, 5.74) is 0. The first-order valence-electron chi connectivity index (χ1n) is 4.77. The summed E-state index contributed by atoms with van der Waals surface area (Å²) in [4.78, 5) is 0. The third-order valence-corrected chi connectivity index (χ3v) is 1.99. The molecule has 1 atom stereocenters. The largest absolute Gasteiger partial charge is 0.396 e. The smallest absolute Gasteiger partial charge is 0.157 e. The highest BCUT2D eigenvalue weighted by atomic mass is 16.7. The van der Waals surface area contributed by atoms with Crippen molar-refractivity contribution in [3.05, 3.63) is 0 Å². The van der Waals surface area contributed by atoms with E-state index in [9.17, 15) is 0 Å². The van der Waals surface area contributed by atoms with Crippen molar-refractivity contribution in [1.82, 2.24) is 0 Å². The van der Waals surface area contributed by atoms with E-state index in [-0.39, 0.29) is 12.9 Å². The van der Waals surface area contributed by atoms with Crippen LogP contribution < -0.4 is 0 Å². The third-order valence-electron chi connectivity index (χ3n) is 1.99. The van der Waals surface area contributed by atoms with Crippen LogP contribution >= 0.6 is 0 Å². The summed E-state index contributed by atoms with van der Waals surface area (Å²) in [6.07, 6.45) is 5.18. The lowest BCUT2D eigenvalue weighted by atomic mass is 10.2. The Morgan fingerprint density at radius 2 is 2.25 bits per heavy atom. The monoisotopic (exact) mass is 174 g/mol. The number of hydrogen-bond donors (Lipinski definition) is 1. The summed E-state index contributed by atoms with van der Waals surface area (Å²) in [5, 5.41) is 8.52. The highest BCUT2D eigenvalue weighted by Crippen LogP contribution is 2.13. The SMILES string of the molecule is OCCCCO[C@H]1CCCCO1. The van der Waals surface area contributed by atoms with E-state index >= 15 is 0 Å². The van der Waals surface area contributed by atoms with Crippen molar-refractivity contribution in [2.75, 3.05) is 19.8 Å². The van der Waals surface area contributed by atoms with Gasteiger partial charge in [0.15, 0.2) is 6.29 Å². The van der Waals surface area contributed by atoms with E-state index in [1.165, 1.54) is 6.42 Å². The Balaban J connectivity index is 1.91. The Labute approximate surface area is 73.7 Å². The van der Waals surface area contributed by atoms with Gasteiger partial charge in [-0.3, -0.25) is 0 Å². The number of hydrogen-bond acceptors (Lipinski definition) is 3. The molecule has 0 unspecified atom stereocenters. The van der Waals surface area contributed by atoms with Crippen LogP contribution in [-0.4, -0.2) is 31.2 Å². The molecule has 72 valence electrons. The van der Waals surface area contributed by atoms with Crippen molar-refractivity contribution in [3.63, 3.8) is 0 Å². The second kappa shape index (κ2) is 6.40. The number of unbranched alkanes of at least 4 members (excludes halogenated alkanes) is 1. The van der Waals surface area contributed by atoms with E-state index in [0.29, 0.717) is 6.61 Å². The van der Waals surface area contributed by atoms with E-state index in [0.717, 1.165) is 32.3 Å². The maximum atomic E-state index is 8.52. The molecule has 1 aliphatic heterocycles. The molecular weight excluding hydrogens is 156 g/mol. The van der Waals surface area contributed by atoms with Crippen LogP contribution in [0.2, 0.25) is 0 Å². The van der Waals surface area contributed by atoms with Crippen LogP contribution in [0.1, 0.15) is 32.1 Å². The van der Waals surface area contributed by atoms with Crippen LogP contribution in [0.3, 0.4) is 0 Å². The Kier molecular flexibility index (Phi) is 5.32. The maximum absolute atomic E-state index is 8.52. The van der Waals surface area contributed by atoms with Gasteiger partial charge in [-0.15, -0.1) is 0 Å². The quantitative estimate of drug-likeness (QED) is 0.638. The van der Waals surface area contributed by atoms with Gasteiger partial charge in [-0.25, -0.2) is 0 Å². The van der Waals surface area contributed by atoms with E-state index in [2.05, 4.69) is 0 Å². The highest BCUT2D eigenvalue weighted by molar-refractivity contribution is 4.53.